The molecule has 0 aliphatic heterocycles. The van der Waals surface area contributed by atoms with Gasteiger partial charge in [0, 0.05) is 18.3 Å². The SMILES string of the molecule is CCN(Cc1cccc(C)n1)C1CCC(O)C1. The molecule has 17 heavy (non-hydrogen) atoms. The van der Waals surface area contributed by atoms with Gasteiger partial charge >= 0.3 is 0 Å². The lowest BCUT2D eigenvalue weighted by molar-refractivity contribution is 0.149. The van der Waals surface area contributed by atoms with Crippen LogP contribution in [0, 0.1) is 6.92 Å². The Balaban J connectivity index is 2.00. The Morgan fingerprint density at radius 3 is 2.82 bits per heavy atom. The fraction of sp³-hybridized carbons (Fsp3) is 0.643. The van der Waals surface area contributed by atoms with Crippen molar-refractivity contribution in [3.8, 4) is 0 Å². The van der Waals surface area contributed by atoms with Crippen molar-refractivity contribution in [1.29, 1.82) is 0 Å². The zero-order valence-corrected chi connectivity index (χ0v) is 10.8. The molecule has 1 fully saturated rings. The van der Waals surface area contributed by atoms with Crippen LogP contribution < -0.4 is 0 Å². The summed E-state index contributed by atoms with van der Waals surface area (Å²) >= 11 is 0. The van der Waals surface area contributed by atoms with Crippen LogP contribution in [-0.4, -0.2) is 33.7 Å². The number of aryl methyl sites for hydroxylation is 1. The van der Waals surface area contributed by atoms with Gasteiger partial charge in [0.1, 0.15) is 0 Å². The van der Waals surface area contributed by atoms with Gasteiger partial charge < -0.3 is 5.11 Å². The average molecular weight is 234 g/mol. The number of hydrogen-bond acceptors (Lipinski definition) is 3. The second kappa shape index (κ2) is 5.61. The quantitative estimate of drug-likeness (QED) is 0.867. The minimum Gasteiger partial charge on any atom is -0.393 e. The Bertz CT molecular complexity index is 367. The summed E-state index contributed by atoms with van der Waals surface area (Å²) in [5.74, 6) is 0. The van der Waals surface area contributed by atoms with E-state index in [1.165, 1.54) is 0 Å². The second-order valence-corrected chi connectivity index (χ2v) is 4.95. The van der Waals surface area contributed by atoms with Crippen molar-refractivity contribution < 1.29 is 5.11 Å². The largest absolute Gasteiger partial charge is 0.393 e. The summed E-state index contributed by atoms with van der Waals surface area (Å²) in [6.45, 7) is 6.13. The van der Waals surface area contributed by atoms with Gasteiger partial charge in [-0.25, -0.2) is 0 Å². The molecule has 94 valence electrons. The number of rotatable bonds is 4. The molecule has 2 rings (SSSR count). The maximum Gasteiger partial charge on any atom is 0.0555 e. The molecule has 2 unspecified atom stereocenters. The van der Waals surface area contributed by atoms with Gasteiger partial charge in [0.15, 0.2) is 0 Å². The standard InChI is InChI=1S/C14H22N2O/c1-3-16(13-7-8-14(17)9-13)10-12-6-4-5-11(2)15-12/h4-6,13-14,17H,3,7-10H2,1-2H3. The molecule has 1 aromatic heterocycles. The van der Waals surface area contributed by atoms with E-state index in [0.29, 0.717) is 6.04 Å². The lowest BCUT2D eigenvalue weighted by Crippen LogP contribution is -2.33. The first-order valence-corrected chi connectivity index (χ1v) is 6.53. The van der Waals surface area contributed by atoms with Gasteiger partial charge in [0.2, 0.25) is 0 Å². The molecule has 1 aromatic rings. The van der Waals surface area contributed by atoms with E-state index in [1.54, 1.807) is 0 Å². The first-order valence-electron chi connectivity index (χ1n) is 6.53. The summed E-state index contributed by atoms with van der Waals surface area (Å²) in [5, 5.41) is 9.61. The van der Waals surface area contributed by atoms with E-state index in [4.69, 9.17) is 0 Å². The van der Waals surface area contributed by atoms with Gasteiger partial charge in [-0.3, -0.25) is 9.88 Å². The van der Waals surface area contributed by atoms with Crippen molar-refractivity contribution in [2.75, 3.05) is 6.54 Å². The predicted molar refractivity (Wildman–Crippen MR) is 68.7 cm³/mol. The normalized spacial score (nSPS) is 24.5. The molecule has 0 saturated heterocycles. The van der Waals surface area contributed by atoms with Gasteiger partial charge in [0.25, 0.3) is 0 Å². The van der Waals surface area contributed by atoms with Gasteiger partial charge in [-0.2, -0.15) is 0 Å². The maximum atomic E-state index is 9.61. The predicted octanol–water partition coefficient (Wildman–Crippen LogP) is 2.13. The summed E-state index contributed by atoms with van der Waals surface area (Å²) in [7, 11) is 0. The van der Waals surface area contributed by atoms with E-state index < -0.39 is 0 Å². The first kappa shape index (κ1) is 12.5. The molecule has 0 bridgehead atoms. The topological polar surface area (TPSA) is 36.4 Å². The van der Waals surface area contributed by atoms with Crippen molar-refractivity contribution in [1.82, 2.24) is 9.88 Å². The fourth-order valence-corrected chi connectivity index (χ4v) is 2.66. The highest BCUT2D eigenvalue weighted by Crippen LogP contribution is 2.25. The highest BCUT2D eigenvalue weighted by Gasteiger charge is 2.27. The molecule has 1 N–H and O–H groups in total. The molecule has 3 nitrogen and oxygen atoms in total. The molecular formula is C14H22N2O. The zero-order chi connectivity index (χ0) is 12.3. The molecule has 3 heteroatoms. The van der Waals surface area contributed by atoms with E-state index in [2.05, 4.69) is 28.9 Å². The Labute approximate surface area is 103 Å². The summed E-state index contributed by atoms with van der Waals surface area (Å²) in [5.41, 5.74) is 2.21. The van der Waals surface area contributed by atoms with Crippen molar-refractivity contribution in [3.05, 3.63) is 29.6 Å². The minimum atomic E-state index is -0.0977. The van der Waals surface area contributed by atoms with E-state index in [-0.39, 0.29) is 6.10 Å². The number of nitrogens with zero attached hydrogens (tertiary/aromatic N) is 2. The third kappa shape index (κ3) is 3.27. The zero-order valence-electron chi connectivity index (χ0n) is 10.8. The smallest absolute Gasteiger partial charge is 0.0555 e. The molecule has 0 spiro atoms. The molecule has 0 radical (unpaired) electrons. The number of hydrogen-bond donors (Lipinski definition) is 1. The molecule has 1 aliphatic carbocycles. The Hall–Kier alpha value is -0.930. The summed E-state index contributed by atoms with van der Waals surface area (Å²) in [6.07, 6.45) is 2.88. The van der Waals surface area contributed by atoms with Gasteiger partial charge in [-0.15, -0.1) is 0 Å². The van der Waals surface area contributed by atoms with Crippen molar-refractivity contribution in [2.45, 2.75) is 51.8 Å². The van der Waals surface area contributed by atoms with Crippen LogP contribution in [0.4, 0.5) is 0 Å². The van der Waals surface area contributed by atoms with Gasteiger partial charge in [-0.05, 0) is 44.9 Å². The highest BCUT2D eigenvalue weighted by atomic mass is 16.3. The summed E-state index contributed by atoms with van der Waals surface area (Å²) in [6, 6.07) is 6.70. The lowest BCUT2D eigenvalue weighted by Gasteiger charge is -2.27. The number of aliphatic hydroxyl groups is 1. The number of aliphatic hydroxyl groups excluding tert-OH is 1. The summed E-state index contributed by atoms with van der Waals surface area (Å²) in [4.78, 5) is 6.98. The van der Waals surface area contributed by atoms with Crippen LogP contribution >= 0.6 is 0 Å². The maximum absolute atomic E-state index is 9.61. The van der Waals surface area contributed by atoms with E-state index in [9.17, 15) is 5.11 Å². The lowest BCUT2D eigenvalue weighted by atomic mass is 10.2. The van der Waals surface area contributed by atoms with Crippen LogP contribution in [0.5, 0.6) is 0 Å². The number of pyridine rings is 1. The Morgan fingerprint density at radius 2 is 2.24 bits per heavy atom. The molecule has 1 saturated carbocycles. The van der Waals surface area contributed by atoms with Crippen LogP contribution in [0.2, 0.25) is 0 Å². The monoisotopic (exact) mass is 234 g/mol. The minimum absolute atomic E-state index is 0.0977. The van der Waals surface area contributed by atoms with Crippen molar-refractivity contribution in [3.63, 3.8) is 0 Å². The Kier molecular flexibility index (Phi) is 4.13. The van der Waals surface area contributed by atoms with Gasteiger partial charge in [-0.1, -0.05) is 13.0 Å². The molecule has 0 amide bonds. The molecular weight excluding hydrogens is 212 g/mol. The molecule has 1 aliphatic rings. The third-order valence-corrected chi connectivity index (χ3v) is 3.61. The van der Waals surface area contributed by atoms with Crippen LogP contribution in [-0.2, 0) is 6.54 Å². The third-order valence-electron chi connectivity index (χ3n) is 3.61. The van der Waals surface area contributed by atoms with Crippen LogP contribution in [0.25, 0.3) is 0 Å². The summed E-state index contributed by atoms with van der Waals surface area (Å²) < 4.78 is 0. The second-order valence-electron chi connectivity index (χ2n) is 4.95. The fourth-order valence-electron chi connectivity index (χ4n) is 2.66. The van der Waals surface area contributed by atoms with E-state index >= 15 is 0 Å². The highest BCUT2D eigenvalue weighted by molar-refractivity contribution is 5.10. The van der Waals surface area contributed by atoms with Crippen LogP contribution in [0.1, 0.15) is 37.6 Å². The molecule has 1 heterocycles. The number of aromatic nitrogens is 1. The average Bonchev–Trinajstić information content (AvgIpc) is 2.73. The van der Waals surface area contributed by atoms with Crippen LogP contribution in [0.15, 0.2) is 18.2 Å². The van der Waals surface area contributed by atoms with Gasteiger partial charge in [0.05, 0.1) is 11.8 Å². The van der Waals surface area contributed by atoms with E-state index in [1.807, 2.05) is 13.0 Å². The van der Waals surface area contributed by atoms with Crippen molar-refractivity contribution >= 4 is 0 Å². The molecule has 2 atom stereocenters. The van der Waals surface area contributed by atoms with Crippen LogP contribution in [0.3, 0.4) is 0 Å². The Morgan fingerprint density at radius 1 is 1.41 bits per heavy atom. The van der Waals surface area contributed by atoms with E-state index in [0.717, 1.165) is 43.7 Å². The van der Waals surface area contributed by atoms with Crippen molar-refractivity contribution in [2.24, 2.45) is 0 Å². The molecule has 0 aromatic carbocycles. The first-order chi connectivity index (χ1) is 8.19.